The minimum absolute atomic E-state index is 0.232. The van der Waals surface area contributed by atoms with Crippen molar-refractivity contribution in [1.29, 1.82) is 0 Å². The molecule has 1 aromatic rings. The van der Waals surface area contributed by atoms with E-state index in [1.807, 2.05) is 0 Å². The van der Waals surface area contributed by atoms with Crippen LogP contribution in [0.15, 0.2) is 24.3 Å². The summed E-state index contributed by atoms with van der Waals surface area (Å²) in [4.78, 5) is 21.4. The second kappa shape index (κ2) is 6.66. The van der Waals surface area contributed by atoms with E-state index >= 15 is 0 Å². The minimum Gasteiger partial charge on any atom is -0.493 e. The highest BCUT2D eigenvalue weighted by Crippen LogP contribution is 2.28. The van der Waals surface area contributed by atoms with E-state index < -0.39 is 11.9 Å². The molecule has 1 aromatic carbocycles. The van der Waals surface area contributed by atoms with Crippen LogP contribution in [0.4, 0.5) is 0 Å². The molecule has 0 aliphatic carbocycles. The van der Waals surface area contributed by atoms with E-state index in [0.717, 1.165) is 6.08 Å². The molecule has 0 amide bonds. The van der Waals surface area contributed by atoms with Gasteiger partial charge in [-0.3, -0.25) is 4.79 Å². The fraction of sp³-hybridized carbons (Fsp3) is 0.167. The second-order valence-electron chi connectivity index (χ2n) is 3.19. The van der Waals surface area contributed by atoms with Gasteiger partial charge in [-0.2, -0.15) is 0 Å². The topological polar surface area (TPSA) is 72.8 Å². The van der Waals surface area contributed by atoms with Gasteiger partial charge in [0.1, 0.15) is 5.88 Å². The van der Waals surface area contributed by atoms with E-state index in [0.29, 0.717) is 11.3 Å². The number of rotatable bonds is 5. The highest BCUT2D eigenvalue weighted by atomic mass is 35.5. The third kappa shape index (κ3) is 4.10. The number of aliphatic carboxylic acids is 1. The van der Waals surface area contributed by atoms with Crippen LogP contribution in [0.3, 0.4) is 0 Å². The van der Waals surface area contributed by atoms with Crippen LogP contribution in [0, 0.1) is 0 Å². The Kier molecular flexibility index (Phi) is 5.20. The molecule has 0 heterocycles. The van der Waals surface area contributed by atoms with Gasteiger partial charge in [0, 0.05) is 6.08 Å². The Morgan fingerprint density at radius 1 is 1.39 bits per heavy atom. The van der Waals surface area contributed by atoms with E-state index in [-0.39, 0.29) is 11.6 Å². The van der Waals surface area contributed by atoms with Crippen molar-refractivity contribution in [3.05, 3.63) is 29.8 Å². The van der Waals surface area contributed by atoms with Crippen LogP contribution >= 0.6 is 11.6 Å². The fourth-order valence-electron chi connectivity index (χ4n) is 1.19. The Labute approximate surface area is 109 Å². The molecule has 0 saturated heterocycles. The van der Waals surface area contributed by atoms with Crippen molar-refractivity contribution in [2.45, 2.75) is 0 Å². The number of ether oxygens (including phenoxy) is 2. The normalized spacial score (nSPS) is 10.3. The standard InChI is InChI=1S/C12H11ClO5/c1-17-10-6-8(3-5-11(14)15)2-4-9(10)18-12(16)7-13/h2-6H,7H2,1H3,(H,14,15)/b5-3+. The Balaban J connectivity index is 2.96. The van der Waals surface area contributed by atoms with E-state index in [2.05, 4.69) is 0 Å². The molecular formula is C12H11ClO5. The van der Waals surface area contributed by atoms with Crippen molar-refractivity contribution in [3.63, 3.8) is 0 Å². The molecule has 0 spiro atoms. The van der Waals surface area contributed by atoms with Gasteiger partial charge in [-0.1, -0.05) is 6.07 Å². The quantitative estimate of drug-likeness (QED) is 0.383. The summed E-state index contributed by atoms with van der Waals surface area (Å²) in [6.07, 6.45) is 2.40. The van der Waals surface area contributed by atoms with Crippen molar-refractivity contribution >= 4 is 29.6 Å². The van der Waals surface area contributed by atoms with Crippen LogP contribution in [-0.4, -0.2) is 30.0 Å². The molecule has 0 radical (unpaired) electrons. The first-order valence-corrected chi connectivity index (χ1v) is 5.46. The number of carboxylic acids is 1. The van der Waals surface area contributed by atoms with Crippen LogP contribution in [0.5, 0.6) is 11.5 Å². The SMILES string of the molecule is COc1cc(/C=C/C(=O)O)ccc1OC(=O)CCl. The molecule has 0 fully saturated rings. The van der Waals surface area contributed by atoms with E-state index in [4.69, 9.17) is 26.2 Å². The molecule has 0 bridgehead atoms. The highest BCUT2D eigenvalue weighted by Gasteiger charge is 2.09. The smallest absolute Gasteiger partial charge is 0.328 e. The second-order valence-corrected chi connectivity index (χ2v) is 3.46. The largest absolute Gasteiger partial charge is 0.493 e. The van der Waals surface area contributed by atoms with Crippen LogP contribution in [0.1, 0.15) is 5.56 Å². The number of hydrogen-bond donors (Lipinski definition) is 1. The molecule has 6 heteroatoms. The number of methoxy groups -OCH3 is 1. The predicted molar refractivity (Wildman–Crippen MR) is 66.0 cm³/mol. The summed E-state index contributed by atoms with van der Waals surface area (Å²) in [5.41, 5.74) is 0.611. The third-order valence-electron chi connectivity index (χ3n) is 1.94. The maximum absolute atomic E-state index is 11.0. The number of carboxylic acid groups (broad SMARTS) is 1. The fourth-order valence-corrected chi connectivity index (χ4v) is 1.24. The maximum Gasteiger partial charge on any atom is 0.328 e. The molecule has 0 atom stereocenters. The number of carbonyl (C=O) groups is 2. The number of esters is 1. The number of hydrogen-bond acceptors (Lipinski definition) is 4. The lowest BCUT2D eigenvalue weighted by Crippen LogP contribution is -2.09. The van der Waals surface area contributed by atoms with Gasteiger partial charge >= 0.3 is 11.9 Å². The van der Waals surface area contributed by atoms with Gasteiger partial charge in [0.15, 0.2) is 11.5 Å². The predicted octanol–water partition coefficient (Wildman–Crippen LogP) is 1.94. The number of halogens is 1. The summed E-state index contributed by atoms with van der Waals surface area (Å²) in [7, 11) is 1.41. The van der Waals surface area contributed by atoms with Crippen molar-refractivity contribution in [2.75, 3.05) is 13.0 Å². The van der Waals surface area contributed by atoms with Crippen molar-refractivity contribution < 1.29 is 24.2 Å². The summed E-state index contributed by atoms with van der Waals surface area (Å²) in [5.74, 6) is -1.35. The van der Waals surface area contributed by atoms with Crippen molar-refractivity contribution in [3.8, 4) is 11.5 Å². The Morgan fingerprint density at radius 2 is 2.11 bits per heavy atom. The number of carbonyl (C=O) groups excluding carboxylic acids is 1. The minimum atomic E-state index is -1.05. The van der Waals surface area contributed by atoms with Crippen LogP contribution in [0.2, 0.25) is 0 Å². The molecule has 0 aliphatic rings. The van der Waals surface area contributed by atoms with Crippen molar-refractivity contribution in [2.24, 2.45) is 0 Å². The molecule has 96 valence electrons. The van der Waals surface area contributed by atoms with E-state index in [9.17, 15) is 9.59 Å². The monoisotopic (exact) mass is 270 g/mol. The summed E-state index contributed by atoms with van der Waals surface area (Å²) >= 11 is 5.32. The average Bonchev–Trinajstić information content (AvgIpc) is 2.37. The molecule has 5 nitrogen and oxygen atoms in total. The summed E-state index contributed by atoms with van der Waals surface area (Å²) in [5, 5.41) is 8.50. The lowest BCUT2D eigenvalue weighted by Gasteiger charge is -2.08. The van der Waals surface area contributed by atoms with Crippen molar-refractivity contribution in [1.82, 2.24) is 0 Å². The summed E-state index contributed by atoms with van der Waals surface area (Å²) in [6, 6.07) is 4.65. The van der Waals surface area contributed by atoms with Gasteiger partial charge in [0.05, 0.1) is 7.11 Å². The van der Waals surface area contributed by atoms with Gasteiger partial charge in [0.2, 0.25) is 0 Å². The average molecular weight is 271 g/mol. The maximum atomic E-state index is 11.0. The van der Waals surface area contributed by atoms with E-state index in [1.165, 1.54) is 19.3 Å². The molecule has 1 N–H and O–H groups in total. The summed E-state index contributed by atoms with van der Waals surface area (Å²) in [6.45, 7) is 0. The Bertz CT molecular complexity index is 481. The first kappa shape index (κ1) is 14.1. The van der Waals surface area contributed by atoms with Gasteiger partial charge < -0.3 is 14.6 Å². The lowest BCUT2D eigenvalue weighted by molar-refractivity contribution is -0.132. The number of alkyl halides is 1. The highest BCUT2D eigenvalue weighted by molar-refractivity contribution is 6.26. The van der Waals surface area contributed by atoms with Gasteiger partial charge in [-0.05, 0) is 23.8 Å². The Morgan fingerprint density at radius 3 is 2.67 bits per heavy atom. The molecule has 0 unspecified atom stereocenters. The molecule has 0 saturated carbocycles. The number of benzene rings is 1. The van der Waals surface area contributed by atoms with E-state index in [1.54, 1.807) is 12.1 Å². The third-order valence-corrected chi connectivity index (χ3v) is 2.16. The van der Waals surface area contributed by atoms with Crippen LogP contribution in [0.25, 0.3) is 6.08 Å². The summed E-state index contributed by atoms with van der Waals surface area (Å²) < 4.78 is 9.97. The first-order valence-electron chi connectivity index (χ1n) is 4.92. The molecular weight excluding hydrogens is 260 g/mol. The van der Waals surface area contributed by atoms with Gasteiger partial charge in [0.25, 0.3) is 0 Å². The zero-order valence-corrected chi connectivity index (χ0v) is 10.3. The molecule has 0 aliphatic heterocycles. The zero-order chi connectivity index (χ0) is 13.5. The molecule has 0 aromatic heterocycles. The Hall–Kier alpha value is -2.01. The molecule has 1 rings (SSSR count). The molecule has 18 heavy (non-hydrogen) atoms. The van der Waals surface area contributed by atoms with Gasteiger partial charge in [-0.25, -0.2) is 4.79 Å². The lowest BCUT2D eigenvalue weighted by atomic mass is 10.2. The zero-order valence-electron chi connectivity index (χ0n) is 9.55. The van der Waals surface area contributed by atoms with Gasteiger partial charge in [-0.15, -0.1) is 11.6 Å². The van der Waals surface area contributed by atoms with Crippen LogP contribution < -0.4 is 9.47 Å². The first-order chi connectivity index (χ1) is 8.56. The van der Waals surface area contributed by atoms with Crippen LogP contribution in [-0.2, 0) is 9.59 Å².